The van der Waals surface area contributed by atoms with Gasteiger partial charge in [0.2, 0.25) is 0 Å². The van der Waals surface area contributed by atoms with E-state index < -0.39 is 18.4 Å². The van der Waals surface area contributed by atoms with E-state index in [0.717, 1.165) is 12.7 Å². The van der Waals surface area contributed by atoms with Gasteiger partial charge in [-0.15, -0.1) is 6.58 Å². The van der Waals surface area contributed by atoms with Crippen LogP contribution in [-0.2, 0) is 18.7 Å². The summed E-state index contributed by atoms with van der Waals surface area (Å²) in [6.45, 7) is 17.4. The van der Waals surface area contributed by atoms with E-state index in [4.69, 9.17) is 8.61 Å². The number of hydrogen-bond donors (Lipinski definition) is 0. The highest BCUT2D eigenvalue weighted by atomic mass is 32.2. The number of allylic oxidation sites excluding steroid dienone is 1. The zero-order chi connectivity index (χ0) is 16.9. The van der Waals surface area contributed by atoms with Crippen LogP contribution in [0.5, 0.6) is 0 Å². The molecule has 2 unspecified atom stereocenters. The zero-order valence-corrected chi connectivity index (χ0v) is 16.4. The third-order valence-corrected chi connectivity index (χ3v) is 9.28. The lowest BCUT2D eigenvalue weighted by molar-refractivity contribution is 0.190. The molecule has 0 saturated carbocycles. The summed E-state index contributed by atoms with van der Waals surface area (Å²) in [5, 5.41) is 0.198. The van der Waals surface area contributed by atoms with Crippen molar-refractivity contribution in [2.45, 2.75) is 64.8 Å². The summed E-state index contributed by atoms with van der Waals surface area (Å²) in [4.78, 5) is 0. The third-order valence-electron chi connectivity index (χ3n) is 4.06. The van der Waals surface area contributed by atoms with Gasteiger partial charge in [0.05, 0.1) is 12.4 Å². The van der Waals surface area contributed by atoms with Crippen molar-refractivity contribution in [1.82, 2.24) is 0 Å². The fourth-order valence-electron chi connectivity index (χ4n) is 1.78. The van der Waals surface area contributed by atoms with Gasteiger partial charge in [0, 0.05) is 6.61 Å². The standard InChI is InChI=1S/C15H32O4SSi/c1-9-14(12-13(2)19-20(6,16)17)10-11-18-21(7,8)15(3,4)5/h9,13-14H,1,10-12H2,2-8H3. The van der Waals surface area contributed by atoms with Crippen molar-refractivity contribution >= 4 is 18.4 Å². The molecule has 0 N–H and O–H groups in total. The molecule has 126 valence electrons. The Morgan fingerprint density at radius 2 is 1.81 bits per heavy atom. The highest BCUT2D eigenvalue weighted by Crippen LogP contribution is 2.36. The van der Waals surface area contributed by atoms with Crippen molar-refractivity contribution in [2.24, 2.45) is 5.92 Å². The molecule has 2 atom stereocenters. The highest BCUT2D eigenvalue weighted by molar-refractivity contribution is 7.86. The van der Waals surface area contributed by atoms with Crippen molar-refractivity contribution < 1.29 is 17.0 Å². The molecule has 0 aliphatic heterocycles. The van der Waals surface area contributed by atoms with Gasteiger partial charge >= 0.3 is 0 Å². The van der Waals surface area contributed by atoms with Gasteiger partial charge in [0.1, 0.15) is 0 Å². The van der Waals surface area contributed by atoms with Crippen LogP contribution in [-0.4, -0.2) is 35.7 Å². The maximum Gasteiger partial charge on any atom is 0.264 e. The molecule has 0 rings (SSSR count). The SMILES string of the molecule is C=CC(CCO[Si](C)(C)C(C)(C)C)CC(C)OS(C)(=O)=O. The van der Waals surface area contributed by atoms with Crippen molar-refractivity contribution in [3.63, 3.8) is 0 Å². The van der Waals surface area contributed by atoms with Crippen LogP contribution in [0.25, 0.3) is 0 Å². The van der Waals surface area contributed by atoms with Crippen LogP contribution in [0, 0.1) is 5.92 Å². The summed E-state index contributed by atoms with van der Waals surface area (Å²) in [5.74, 6) is 0.200. The van der Waals surface area contributed by atoms with Crippen LogP contribution in [0.2, 0.25) is 18.1 Å². The lowest BCUT2D eigenvalue weighted by Gasteiger charge is -2.36. The largest absolute Gasteiger partial charge is 0.417 e. The molecule has 0 radical (unpaired) electrons. The Morgan fingerprint density at radius 1 is 1.29 bits per heavy atom. The third kappa shape index (κ3) is 8.76. The molecule has 0 bridgehead atoms. The van der Waals surface area contributed by atoms with E-state index in [1.54, 1.807) is 6.92 Å². The van der Waals surface area contributed by atoms with Gasteiger partial charge in [0.25, 0.3) is 10.1 Å². The topological polar surface area (TPSA) is 52.6 Å². The second-order valence-electron chi connectivity index (χ2n) is 7.24. The highest BCUT2D eigenvalue weighted by Gasteiger charge is 2.36. The summed E-state index contributed by atoms with van der Waals surface area (Å²) in [6, 6.07) is 0. The first-order valence-electron chi connectivity index (χ1n) is 7.43. The summed E-state index contributed by atoms with van der Waals surface area (Å²) >= 11 is 0. The summed E-state index contributed by atoms with van der Waals surface area (Å²) in [5.41, 5.74) is 0. The minimum absolute atomic E-state index is 0.198. The predicted octanol–water partition coefficient (Wildman–Crippen LogP) is 3.96. The molecule has 0 saturated heterocycles. The number of rotatable bonds is 9. The van der Waals surface area contributed by atoms with Crippen LogP contribution in [0.3, 0.4) is 0 Å². The lowest BCUT2D eigenvalue weighted by atomic mass is 9.99. The molecule has 0 amide bonds. The van der Waals surface area contributed by atoms with Gasteiger partial charge in [-0.05, 0) is 43.8 Å². The van der Waals surface area contributed by atoms with E-state index in [-0.39, 0.29) is 17.1 Å². The van der Waals surface area contributed by atoms with E-state index in [1.807, 2.05) is 6.08 Å². The predicted molar refractivity (Wildman–Crippen MR) is 91.5 cm³/mol. The van der Waals surface area contributed by atoms with E-state index >= 15 is 0 Å². The van der Waals surface area contributed by atoms with Crippen molar-refractivity contribution in [2.75, 3.05) is 12.9 Å². The van der Waals surface area contributed by atoms with E-state index in [1.165, 1.54) is 0 Å². The fourth-order valence-corrected chi connectivity index (χ4v) is 3.51. The van der Waals surface area contributed by atoms with E-state index in [9.17, 15) is 8.42 Å². The molecule has 0 heterocycles. The molecule has 0 aromatic carbocycles. The Labute approximate surface area is 132 Å². The van der Waals surface area contributed by atoms with E-state index in [2.05, 4.69) is 40.4 Å². The minimum Gasteiger partial charge on any atom is -0.417 e. The molecule has 0 aromatic heterocycles. The fraction of sp³-hybridized carbons (Fsp3) is 0.867. The summed E-state index contributed by atoms with van der Waals surface area (Å²) in [6.07, 6.45) is 4.07. The molecule has 0 fully saturated rings. The Balaban J connectivity index is 4.32. The van der Waals surface area contributed by atoms with Crippen LogP contribution >= 0.6 is 0 Å². The van der Waals surface area contributed by atoms with Crippen LogP contribution in [0.1, 0.15) is 40.5 Å². The molecular weight excluding hydrogens is 304 g/mol. The molecule has 4 nitrogen and oxygen atoms in total. The molecule has 0 aliphatic carbocycles. The lowest BCUT2D eigenvalue weighted by Crippen LogP contribution is -2.41. The minimum atomic E-state index is -3.40. The first-order chi connectivity index (χ1) is 9.28. The van der Waals surface area contributed by atoms with Gasteiger partial charge in [0.15, 0.2) is 8.32 Å². The quantitative estimate of drug-likeness (QED) is 0.363. The van der Waals surface area contributed by atoms with Gasteiger partial charge in [-0.25, -0.2) is 0 Å². The first kappa shape index (κ1) is 20.8. The molecule has 0 aliphatic rings. The maximum atomic E-state index is 11.1. The average molecular weight is 337 g/mol. The molecule has 6 heteroatoms. The Bertz CT molecular complexity index is 423. The molecule has 0 spiro atoms. The van der Waals surface area contributed by atoms with Crippen molar-refractivity contribution in [3.05, 3.63) is 12.7 Å². The first-order valence-corrected chi connectivity index (χ1v) is 12.2. The van der Waals surface area contributed by atoms with Crippen LogP contribution in [0.4, 0.5) is 0 Å². The van der Waals surface area contributed by atoms with Gasteiger partial charge in [-0.1, -0.05) is 26.8 Å². The second kappa shape index (κ2) is 7.90. The van der Waals surface area contributed by atoms with E-state index in [0.29, 0.717) is 13.0 Å². The van der Waals surface area contributed by atoms with Crippen molar-refractivity contribution in [1.29, 1.82) is 0 Å². The zero-order valence-electron chi connectivity index (χ0n) is 14.6. The normalized spacial score (nSPS) is 16.5. The average Bonchev–Trinajstić information content (AvgIpc) is 2.23. The Morgan fingerprint density at radius 3 is 2.19 bits per heavy atom. The molecular formula is C15H32O4SSi. The van der Waals surface area contributed by atoms with Crippen LogP contribution in [0.15, 0.2) is 12.7 Å². The second-order valence-corrected chi connectivity index (χ2v) is 13.6. The molecule has 0 aromatic rings. The Hall–Kier alpha value is -0.173. The molecule has 21 heavy (non-hydrogen) atoms. The van der Waals surface area contributed by atoms with Gasteiger partial charge in [-0.3, -0.25) is 4.18 Å². The van der Waals surface area contributed by atoms with Crippen LogP contribution < -0.4 is 0 Å². The number of hydrogen-bond acceptors (Lipinski definition) is 4. The van der Waals surface area contributed by atoms with Gasteiger partial charge in [-0.2, -0.15) is 8.42 Å². The summed E-state index contributed by atoms with van der Waals surface area (Å²) < 4.78 is 33.3. The smallest absolute Gasteiger partial charge is 0.264 e. The van der Waals surface area contributed by atoms with Crippen molar-refractivity contribution in [3.8, 4) is 0 Å². The monoisotopic (exact) mass is 336 g/mol. The Kier molecular flexibility index (Phi) is 7.83. The van der Waals surface area contributed by atoms with Gasteiger partial charge < -0.3 is 4.43 Å². The summed E-state index contributed by atoms with van der Waals surface area (Å²) in [7, 11) is -5.12. The maximum absolute atomic E-state index is 11.1.